The third-order valence-electron chi connectivity index (χ3n) is 4.49. The molecule has 0 radical (unpaired) electrons. The SMILES string of the molecule is CC(Nc1cccc(N2CCOC2=O)c1F)c1nc2cc(Cl)ccc2[nH]c1=O. The Bertz CT molecular complexity index is 1130. The number of carbonyl (C=O) groups excluding carboxylic acids is 1. The highest BCUT2D eigenvalue weighted by Gasteiger charge is 2.27. The van der Waals surface area contributed by atoms with Gasteiger partial charge < -0.3 is 15.0 Å². The van der Waals surface area contributed by atoms with E-state index in [9.17, 15) is 14.0 Å². The minimum atomic E-state index is -0.603. The third kappa shape index (κ3) is 3.27. The molecule has 1 aliphatic heterocycles. The summed E-state index contributed by atoms with van der Waals surface area (Å²) >= 11 is 5.99. The maximum atomic E-state index is 14.9. The molecule has 1 fully saturated rings. The smallest absolute Gasteiger partial charge is 0.414 e. The Hall–Kier alpha value is -3.13. The first kappa shape index (κ1) is 18.2. The van der Waals surface area contributed by atoms with E-state index >= 15 is 0 Å². The van der Waals surface area contributed by atoms with Crippen LogP contribution >= 0.6 is 11.6 Å². The van der Waals surface area contributed by atoms with E-state index in [0.29, 0.717) is 16.1 Å². The molecule has 2 N–H and O–H groups in total. The Balaban J connectivity index is 1.66. The molecule has 3 aromatic rings. The number of benzene rings is 2. The normalized spacial score (nSPS) is 15.0. The molecule has 1 amide bonds. The van der Waals surface area contributed by atoms with Crippen LogP contribution < -0.4 is 15.8 Å². The summed E-state index contributed by atoms with van der Waals surface area (Å²) in [4.78, 5) is 32.5. The zero-order valence-electron chi connectivity index (χ0n) is 14.8. The monoisotopic (exact) mass is 402 g/mol. The maximum absolute atomic E-state index is 14.9. The van der Waals surface area contributed by atoms with Gasteiger partial charge in [-0.1, -0.05) is 17.7 Å². The van der Waals surface area contributed by atoms with E-state index < -0.39 is 18.0 Å². The van der Waals surface area contributed by atoms with Gasteiger partial charge in [-0.2, -0.15) is 0 Å². The lowest BCUT2D eigenvalue weighted by Gasteiger charge is -2.19. The molecule has 9 heteroatoms. The average molecular weight is 403 g/mol. The number of nitrogens with zero attached hydrogens (tertiary/aromatic N) is 2. The zero-order chi connectivity index (χ0) is 19.8. The number of hydrogen-bond donors (Lipinski definition) is 2. The average Bonchev–Trinajstić information content (AvgIpc) is 3.09. The highest BCUT2D eigenvalue weighted by Crippen LogP contribution is 2.29. The highest BCUT2D eigenvalue weighted by molar-refractivity contribution is 6.31. The summed E-state index contributed by atoms with van der Waals surface area (Å²) < 4.78 is 19.8. The Morgan fingerprint density at radius 3 is 2.89 bits per heavy atom. The molecular weight excluding hydrogens is 387 g/mol. The molecule has 2 aromatic carbocycles. The Labute approximate surface area is 164 Å². The second-order valence-electron chi connectivity index (χ2n) is 6.38. The van der Waals surface area contributed by atoms with E-state index in [1.54, 1.807) is 31.2 Å². The van der Waals surface area contributed by atoms with Gasteiger partial charge in [0.2, 0.25) is 0 Å². The van der Waals surface area contributed by atoms with E-state index in [0.717, 1.165) is 0 Å². The van der Waals surface area contributed by atoms with Crippen LogP contribution in [0.1, 0.15) is 18.7 Å². The van der Waals surface area contributed by atoms with Crippen molar-refractivity contribution in [3.05, 3.63) is 63.3 Å². The number of rotatable bonds is 4. The van der Waals surface area contributed by atoms with Gasteiger partial charge in [-0.3, -0.25) is 9.69 Å². The molecule has 0 bridgehead atoms. The fourth-order valence-electron chi connectivity index (χ4n) is 3.12. The van der Waals surface area contributed by atoms with Crippen molar-refractivity contribution in [3.63, 3.8) is 0 Å². The van der Waals surface area contributed by atoms with Crippen molar-refractivity contribution < 1.29 is 13.9 Å². The van der Waals surface area contributed by atoms with Gasteiger partial charge in [-0.05, 0) is 37.3 Å². The number of carbonyl (C=O) groups is 1. The molecule has 0 saturated carbocycles. The fraction of sp³-hybridized carbons (Fsp3) is 0.211. The van der Waals surface area contributed by atoms with Gasteiger partial charge in [-0.15, -0.1) is 0 Å². The first-order valence-corrected chi connectivity index (χ1v) is 9.00. The van der Waals surface area contributed by atoms with Crippen molar-refractivity contribution in [1.29, 1.82) is 0 Å². The molecule has 144 valence electrons. The number of aromatic amines is 1. The lowest BCUT2D eigenvalue weighted by Crippen LogP contribution is -2.25. The van der Waals surface area contributed by atoms with Crippen LogP contribution in [0.4, 0.5) is 20.6 Å². The van der Waals surface area contributed by atoms with Gasteiger partial charge in [0.15, 0.2) is 5.82 Å². The zero-order valence-corrected chi connectivity index (χ0v) is 15.6. The lowest BCUT2D eigenvalue weighted by atomic mass is 10.2. The van der Waals surface area contributed by atoms with Crippen LogP contribution in [0.15, 0.2) is 41.2 Å². The van der Waals surface area contributed by atoms with Crippen LogP contribution in [0, 0.1) is 5.82 Å². The molecule has 1 aliphatic rings. The molecule has 1 atom stereocenters. The summed E-state index contributed by atoms with van der Waals surface area (Å²) in [5.41, 5.74) is 1.18. The van der Waals surface area contributed by atoms with Crippen molar-refractivity contribution in [3.8, 4) is 0 Å². The number of anilines is 2. The number of amides is 1. The molecule has 7 nitrogen and oxygen atoms in total. The van der Waals surface area contributed by atoms with Crippen LogP contribution in [0.2, 0.25) is 5.02 Å². The second kappa shape index (κ2) is 7.12. The number of aromatic nitrogens is 2. The van der Waals surface area contributed by atoms with Gasteiger partial charge in [0.1, 0.15) is 12.3 Å². The summed E-state index contributed by atoms with van der Waals surface area (Å²) in [7, 11) is 0. The highest BCUT2D eigenvalue weighted by atomic mass is 35.5. The van der Waals surface area contributed by atoms with Crippen LogP contribution in [0.25, 0.3) is 11.0 Å². The van der Waals surface area contributed by atoms with Crippen LogP contribution in [-0.2, 0) is 4.74 Å². The van der Waals surface area contributed by atoms with Gasteiger partial charge in [0.05, 0.1) is 35.0 Å². The van der Waals surface area contributed by atoms with Gasteiger partial charge >= 0.3 is 6.09 Å². The van der Waals surface area contributed by atoms with Crippen LogP contribution in [-0.4, -0.2) is 29.2 Å². The standard InChI is InChI=1S/C19H16ClFN4O3/c1-10(17-18(26)24-12-6-5-11(20)9-14(12)23-17)22-13-3-2-4-15(16(13)21)25-7-8-28-19(25)27/h2-6,9-10,22H,7-8H2,1H3,(H,24,26). The number of H-pyrrole nitrogens is 1. The van der Waals surface area contributed by atoms with Gasteiger partial charge in [0, 0.05) is 5.02 Å². The minimum Gasteiger partial charge on any atom is -0.447 e. The maximum Gasteiger partial charge on any atom is 0.414 e. The van der Waals surface area contributed by atoms with E-state index in [2.05, 4.69) is 15.3 Å². The summed E-state index contributed by atoms with van der Waals surface area (Å²) in [5, 5.41) is 3.45. The molecule has 0 spiro atoms. The van der Waals surface area contributed by atoms with Crippen LogP contribution in [0.3, 0.4) is 0 Å². The van der Waals surface area contributed by atoms with Crippen molar-refractivity contribution in [1.82, 2.24) is 9.97 Å². The first-order chi connectivity index (χ1) is 13.4. The Morgan fingerprint density at radius 2 is 2.14 bits per heavy atom. The molecule has 1 unspecified atom stereocenters. The molecule has 2 heterocycles. The van der Waals surface area contributed by atoms with Gasteiger partial charge in [-0.25, -0.2) is 14.2 Å². The molecule has 1 aromatic heterocycles. The third-order valence-corrected chi connectivity index (χ3v) is 4.73. The molecule has 28 heavy (non-hydrogen) atoms. The van der Waals surface area contributed by atoms with Gasteiger partial charge in [0.25, 0.3) is 5.56 Å². The topological polar surface area (TPSA) is 87.3 Å². The van der Waals surface area contributed by atoms with Crippen molar-refractivity contribution in [2.24, 2.45) is 0 Å². The molecule has 1 saturated heterocycles. The Morgan fingerprint density at radius 1 is 1.32 bits per heavy atom. The fourth-order valence-corrected chi connectivity index (χ4v) is 3.28. The van der Waals surface area contributed by atoms with E-state index in [1.807, 2.05) is 0 Å². The quantitative estimate of drug-likeness (QED) is 0.692. The summed E-state index contributed by atoms with van der Waals surface area (Å²) in [5.74, 6) is -0.603. The van der Waals surface area contributed by atoms with Crippen molar-refractivity contribution in [2.75, 3.05) is 23.4 Å². The largest absolute Gasteiger partial charge is 0.447 e. The van der Waals surface area contributed by atoms with Crippen LogP contribution in [0.5, 0.6) is 0 Å². The minimum absolute atomic E-state index is 0.117. The number of halogens is 2. The predicted octanol–water partition coefficient (Wildman–Crippen LogP) is 3.85. The lowest BCUT2D eigenvalue weighted by molar-refractivity contribution is 0.181. The summed E-state index contributed by atoms with van der Waals surface area (Å²) in [6, 6.07) is 9.03. The Kier molecular flexibility index (Phi) is 4.64. The number of fused-ring (bicyclic) bond motifs is 1. The predicted molar refractivity (Wildman–Crippen MR) is 105 cm³/mol. The number of hydrogen-bond acceptors (Lipinski definition) is 5. The van der Waals surface area contributed by atoms with E-state index in [4.69, 9.17) is 16.3 Å². The van der Waals surface area contributed by atoms with Crippen molar-refractivity contribution in [2.45, 2.75) is 13.0 Å². The number of nitrogens with one attached hydrogen (secondary N) is 2. The second-order valence-corrected chi connectivity index (χ2v) is 6.82. The molecular formula is C19H16ClFN4O3. The number of ether oxygens (including phenoxy) is 1. The summed E-state index contributed by atoms with van der Waals surface area (Å²) in [6.07, 6.45) is -0.589. The van der Waals surface area contributed by atoms with E-state index in [-0.39, 0.29) is 35.8 Å². The first-order valence-electron chi connectivity index (χ1n) is 8.63. The molecule has 4 rings (SSSR count). The van der Waals surface area contributed by atoms with E-state index in [1.165, 1.54) is 17.0 Å². The number of cyclic esters (lactones) is 1. The molecule has 0 aliphatic carbocycles. The summed E-state index contributed by atoms with van der Waals surface area (Å²) in [6.45, 7) is 2.19. The van der Waals surface area contributed by atoms with Crippen molar-refractivity contribution >= 4 is 40.1 Å².